The van der Waals surface area contributed by atoms with Crippen molar-refractivity contribution < 1.29 is 43.2 Å². The number of carbonyl (C=O) groups excluding carboxylic acids is 4. The number of hydrogen-bond acceptors (Lipinski definition) is 12. The number of H-pyrrole nitrogens is 1. The summed E-state index contributed by atoms with van der Waals surface area (Å²) in [5.74, 6) is -2.28. The number of aromatic amines is 1. The van der Waals surface area contributed by atoms with Crippen LogP contribution >= 0.6 is 0 Å². The van der Waals surface area contributed by atoms with Crippen molar-refractivity contribution >= 4 is 40.4 Å². The van der Waals surface area contributed by atoms with Crippen LogP contribution in [0.5, 0.6) is 5.75 Å². The van der Waals surface area contributed by atoms with Crippen molar-refractivity contribution in [3.05, 3.63) is 143 Å². The molecule has 1 amide bonds. The molecule has 4 aromatic carbocycles. The Bertz CT molecular complexity index is 3010. The summed E-state index contributed by atoms with van der Waals surface area (Å²) in [5.41, 5.74) is 0.162. The normalized spacial score (nSPS) is 31.7. The van der Waals surface area contributed by atoms with Crippen molar-refractivity contribution in [3.8, 4) is 5.75 Å². The van der Waals surface area contributed by atoms with Crippen LogP contribution in [0, 0.1) is 11.3 Å². The molecule has 3 fully saturated rings. The van der Waals surface area contributed by atoms with Crippen molar-refractivity contribution in [3.63, 3.8) is 0 Å². The predicted octanol–water partition coefficient (Wildman–Crippen LogP) is 6.95. The quantitative estimate of drug-likeness (QED) is 0.0711. The third-order valence-corrected chi connectivity index (χ3v) is 18.6. The molecule has 14 heteroatoms. The molecule has 1 aliphatic carbocycles. The van der Waals surface area contributed by atoms with E-state index in [1.54, 1.807) is 7.11 Å². The van der Waals surface area contributed by atoms with Gasteiger partial charge in [0.05, 0.1) is 38.8 Å². The molecule has 3 N–H and O–H groups in total. The number of benzene rings is 4. The van der Waals surface area contributed by atoms with Gasteiger partial charge in [0.2, 0.25) is 11.5 Å². The highest BCUT2D eigenvalue weighted by Crippen LogP contribution is 2.68. The lowest BCUT2D eigenvalue weighted by atomic mass is 9.47. The van der Waals surface area contributed by atoms with Crippen LogP contribution in [0.2, 0.25) is 0 Å². The second-order valence-corrected chi connectivity index (χ2v) is 22.0. The van der Waals surface area contributed by atoms with E-state index in [9.17, 15) is 14.7 Å². The average molecular weight is 1000 g/mol. The second kappa shape index (κ2) is 18.4. The van der Waals surface area contributed by atoms with Crippen LogP contribution in [0.15, 0.2) is 109 Å². The smallest absolute Gasteiger partial charge is 0.344 e. The monoisotopic (exact) mass is 1000 g/mol. The number of nitrogens with zero attached hydrogens (tertiary/aromatic N) is 3. The maximum absolute atomic E-state index is 15.9. The number of fused-ring (bicyclic) bond motifs is 6. The minimum atomic E-state index is -2.34. The summed E-state index contributed by atoms with van der Waals surface area (Å²) in [6.07, 6.45) is 5.95. The zero-order valence-corrected chi connectivity index (χ0v) is 43.6. The van der Waals surface area contributed by atoms with Gasteiger partial charge >= 0.3 is 17.9 Å². The number of esters is 3. The SMILES string of the molecule is CC[C@]1(NC(=O)C(c2ccccc2)c2ccccc2)C[C@H]2CN(CCc3c([nH]c4ccccc34)[C@@](C(=O)OC)(c3cc4c(cc3OC)N(C)[C@H]3[C@@](O)(C(=O)OC)[C@H](OC(C)=O)[C@]5(CC)C=CCN6CC[C@]43[C@@H]65)C2)C1. The lowest BCUT2D eigenvalue weighted by Crippen LogP contribution is -2.81. The number of amides is 1. The van der Waals surface area contributed by atoms with Gasteiger partial charge in [-0.3, -0.25) is 19.3 Å². The van der Waals surface area contributed by atoms with E-state index in [0.717, 1.165) is 44.5 Å². The summed E-state index contributed by atoms with van der Waals surface area (Å²) in [6.45, 7) is 8.72. The Morgan fingerprint density at radius 1 is 0.838 bits per heavy atom. The fourth-order valence-corrected chi connectivity index (χ4v) is 15.8. The summed E-state index contributed by atoms with van der Waals surface area (Å²) in [5, 5.41) is 18.2. The summed E-state index contributed by atoms with van der Waals surface area (Å²) < 4.78 is 24.4. The van der Waals surface area contributed by atoms with E-state index in [1.165, 1.54) is 21.1 Å². The van der Waals surface area contributed by atoms with Gasteiger partial charge in [-0.05, 0) is 85.4 Å². The number of methoxy groups -OCH3 is 3. The Hall–Kier alpha value is -6.48. The number of para-hydroxylation sites is 1. The summed E-state index contributed by atoms with van der Waals surface area (Å²) in [7, 11) is 6.19. The number of likely N-dealkylation sites (N-methyl/N-ethyl adjacent to an activating group) is 1. The van der Waals surface area contributed by atoms with E-state index < -0.39 is 63.4 Å². The molecule has 6 aliphatic rings. The zero-order valence-electron chi connectivity index (χ0n) is 43.6. The Balaban J connectivity index is 1.12. The largest absolute Gasteiger partial charge is 0.496 e. The van der Waals surface area contributed by atoms with E-state index in [1.807, 2.05) is 104 Å². The minimum Gasteiger partial charge on any atom is -0.496 e. The first kappa shape index (κ1) is 49.7. The van der Waals surface area contributed by atoms with Crippen molar-refractivity contribution in [2.75, 3.05) is 66.0 Å². The molecule has 2 saturated heterocycles. The summed E-state index contributed by atoms with van der Waals surface area (Å²) in [6, 6.07) is 30.8. The second-order valence-electron chi connectivity index (χ2n) is 22.0. The van der Waals surface area contributed by atoms with E-state index >= 15 is 9.59 Å². The summed E-state index contributed by atoms with van der Waals surface area (Å²) >= 11 is 0. The molecule has 10 atom stereocenters. The van der Waals surface area contributed by atoms with Gasteiger partial charge in [0.25, 0.3) is 0 Å². The number of ether oxygens (including phenoxy) is 4. The van der Waals surface area contributed by atoms with Gasteiger partial charge in [-0.2, -0.15) is 0 Å². The Labute approximate surface area is 433 Å². The van der Waals surface area contributed by atoms with E-state index in [-0.39, 0.29) is 17.9 Å². The van der Waals surface area contributed by atoms with Gasteiger partial charge in [0.15, 0.2) is 6.10 Å². The molecule has 1 saturated carbocycles. The average Bonchev–Trinajstić information content (AvgIpc) is 4.16. The molecule has 74 heavy (non-hydrogen) atoms. The van der Waals surface area contributed by atoms with Gasteiger partial charge in [-0.15, -0.1) is 0 Å². The third-order valence-electron chi connectivity index (χ3n) is 18.6. The van der Waals surface area contributed by atoms with E-state index in [0.29, 0.717) is 82.6 Å². The Kier molecular flexibility index (Phi) is 12.4. The van der Waals surface area contributed by atoms with Crippen molar-refractivity contribution in [2.45, 2.75) is 105 Å². The fraction of sp³-hybridized carbons (Fsp3) is 0.467. The Morgan fingerprint density at radius 3 is 2.18 bits per heavy atom. The maximum Gasteiger partial charge on any atom is 0.344 e. The molecule has 1 aromatic heterocycles. The molecule has 0 radical (unpaired) electrons. The molecule has 6 heterocycles. The predicted molar refractivity (Wildman–Crippen MR) is 281 cm³/mol. The molecule has 388 valence electrons. The molecule has 1 unspecified atom stereocenters. The highest BCUT2D eigenvalue weighted by Gasteiger charge is 2.80. The van der Waals surface area contributed by atoms with Crippen LogP contribution in [0.4, 0.5) is 5.69 Å². The van der Waals surface area contributed by atoms with Crippen LogP contribution in [0.25, 0.3) is 10.9 Å². The van der Waals surface area contributed by atoms with Gasteiger partial charge in [-0.25, -0.2) is 4.79 Å². The lowest BCUT2D eigenvalue weighted by Gasteiger charge is -2.63. The number of aromatic nitrogens is 1. The molecular weight excluding hydrogens is 935 g/mol. The van der Waals surface area contributed by atoms with Crippen molar-refractivity contribution in [2.24, 2.45) is 11.3 Å². The van der Waals surface area contributed by atoms with Crippen LogP contribution in [0.3, 0.4) is 0 Å². The van der Waals surface area contributed by atoms with Crippen LogP contribution in [0.1, 0.15) is 92.3 Å². The maximum atomic E-state index is 15.9. The standard InChI is InChI=1S/C60H69N5O9/c1-8-56(62-50(67)48(39-19-12-10-13-20-39)40-21-14-11-15-22-40)33-38-34-59(54(68)72-6,49-42(25-29-64(35-38)36-56)41-23-16-17-24-45(41)61-49)44-31-43-46(32-47(44)71-5)63(4)52-58(43)27-30-65-28-18-26-57(9-2,51(58)65)53(74-37(3)66)60(52,70)55(69)73-7/h10-24,26,31-32,38,48,51-53,61,70H,8-9,25,27-30,33-36H2,1-7H3,(H,62,67)/t38-,51+,52-,53-,56+,57-,58-,59+,60+/m1/s1. The topological polar surface area (TPSA) is 163 Å². The van der Waals surface area contributed by atoms with E-state index in [2.05, 4.69) is 51.3 Å². The number of rotatable bonds is 11. The van der Waals surface area contributed by atoms with Gasteiger partial charge in [0, 0.05) is 90.9 Å². The van der Waals surface area contributed by atoms with Gasteiger partial charge < -0.3 is 44.2 Å². The number of aliphatic hydroxyl groups is 1. The van der Waals surface area contributed by atoms with Crippen molar-refractivity contribution in [1.82, 2.24) is 20.1 Å². The zero-order chi connectivity index (χ0) is 52.0. The minimum absolute atomic E-state index is 0.0740. The van der Waals surface area contributed by atoms with Gasteiger partial charge in [0.1, 0.15) is 11.2 Å². The molecule has 14 nitrogen and oxygen atoms in total. The number of anilines is 1. The highest BCUT2D eigenvalue weighted by molar-refractivity contribution is 5.95. The lowest BCUT2D eigenvalue weighted by molar-refractivity contribution is -0.228. The number of hydrogen-bond donors (Lipinski definition) is 3. The highest BCUT2D eigenvalue weighted by atomic mass is 16.6. The van der Waals surface area contributed by atoms with Crippen LogP contribution in [-0.2, 0) is 50.6 Å². The number of carbonyl (C=O) groups is 4. The number of piperidine rings is 1. The third kappa shape index (κ3) is 7.06. The fourth-order valence-electron chi connectivity index (χ4n) is 15.8. The first-order valence-corrected chi connectivity index (χ1v) is 26.4. The van der Waals surface area contributed by atoms with Gasteiger partial charge in [-0.1, -0.05) is 105 Å². The Morgan fingerprint density at radius 2 is 1.53 bits per heavy atom. The van der Waals surface area contributed by atoms with Crippen LogP contribution in [-0.4, -0.2) is 134 Å². The van der Waals surface area contributed by atoms with Crippen molar-refractivity contribution in [1.29, 1.82) is 0 Å². The first-order valence-electron chi connectivity index (χ1n) is 26.4. The first-order chi connectivity index (χ1) is 35.7. The molecule has 5 aliphatic heterocycles. The molecular formula is C60H69N5O9. The molecule has 5 aromatic rings. The molecule has 1 spiro atoms. The summed E-state index contributed by atoms with van der Waals surface area (Å²) in [4.78, 5) is 69.5. The molecule has 2 bridgehead atoms. The number of nitrogens with one attached hydrogen (secondary N) is 2. The molecule has 11 rings (SSSR count). The van der Waals surface area contributed by atoms with E-state index in [4.69, 9.17) is 18.9 Å². The van der Waals surface area contributed by atoms with Crippen LogP contribution < -0.4 is 15.0 Å².